The largest absolute Gasteiger partial charge is 0.396 e. The van der Waals surface area contributed by atoms with Crippen molar-refractivity contribution in [2.24, 2.45) is 0 Å². The van der Waals surface area contributed by atoms with Crippen LogP contribution < -0.4 is 11.5 Å². The first-order valence-corrected chi connectivity index (χ1v) is 4.03. The molecule has 72 valence electrons. The summed E-state index contributed by atoms with van der Waals surface area (Å²) in [5, 5.41) is 0.584. The van der Waals surface area contributed by atoms with Crippen LogP contribution >= 0.6 is 0 Å². The molecule has 0 saturated carbocycles. The molecule has 2 rings (SSSR count). The lowest BCUT2D eigenvalue weighted by Gasteiger charge is -2.07. The molecule has 4 N–H and O–H groups in total. The van der Waals surface area contributed by atoms with Gasteiger partial charge in [0.15, 0.2) is 11.6 Å². The molecule has 0 aliphatic carbocycles. The van der Waals surface area contributed by atoms with Crippen molar-refractivity contribution in [3.8, 4) is 0 Å². The van der Waals surface area contributed by atoms with Crippen LogP contribution in [0.1, 0.15) is 0 Å². The van der Waals surface area contributed by atoms with Crippen LogP contribution in [0.25, 0.3) is 10.8 Å². The topological polar surface area (TPSA) is 52.0 Å². The average molecular weight is 194 g/mol. The van der Waals surface area contributed by atoms with Crippen molar-refractivity contribution < 1.29 is 8.78 Å². The summed E-state index contributed by atoms with van der Waals surface area (Å²) >= 11 is 0. The highest BCUT2D eigenvalue weighted by Gasteiger charge is 2.14. The van der Waals surface area contributed by atoms with Crippen LogP contribution in [0.15, 0.2) is 24.3 Å². The molecule has 0 heterocycles. The molecule has 14 heavy (non-hydrogen) atoms. The van der Waals surface area contributed by atoms with Crippen molar-refractivity contribution in [2.45, 2.75) is 0 Å². The van der Waals surface area contributed by atoms with Gasteiger partial charge in [0.25, 0.3) is 0 Å². The Morgan fingerprint density at radius 1 is 0.786 bits per heavy atom. The fourth-order valence-electron chi connectivity index (χ4n) is 1.41. The van der Waals surface area contributed by atoms with Crippen molar-refractivity contribution in [3.63, 3.8) is 0 Å². The molecule has 0 atom stereocenters. The van der Waals surface area contributed by atoms with Gasteiger partial charge in [-0.1, -0.05) is 24.3 Å². The van der Waals surface area contributed by atoms with Crippen LogP contribution in [0.3, 0.4) is 0 Å². The molecule has 0 fully saturated rings. The standard InChI is InChI=1S/C10H8F2N2/c11-7-5-3-1-2-4-6(5)9(13)10(14)8(7)12/h1-4H,13-14H2. The fraction of sp³-hybridized carbons (Fsp3) is 0. The number of rotatable bonds is 0. The minimum atomic E-state index is -1.08. The number of fused-ring (bicyclic) bond motifs is 1. The summed E-state index contributed by atoms with van der Waals surface area (Å²) in [5.74, 6) is -2.03. The molecule has 0 spiro atoms. The van der Waals surface area contributed by atoms with E-state index in [0.29, 0.717) is 5.39 Å². The highest BCUT2D eigenvalue weighted by atomic mass is 19.2. The van der Waals surface area contributed by atoms with Crippen LogP contribution in [0.2, 0.25) is 0 Å². The molecule has 2 aromatic carbocycles. The van der Waals surface area contributed by atoms with E-state index in [1.807, 2.05) is 0 Å². The zero-order chi connectivity index (χ0) is 10.3. The molecule has 0 aromatic heterocycles. The Labute approximate surface area is 79.1 Å². The summed E-state index contributed by atoms with van der Waals surface area (Å²) < 4.78 is 26.5. The predicted octanol–water partition coefficient (Wildman–Crippen LogP) is 2.28. The lowest BCUT2D eigenvalue weighted by molar-refractivity contribution is 0.521. The number of hydrogen-bond acceptors (Lipinski definition) is 2. The Morgan fingerprint density at radius 2 is 1.36 bits per heavy atom. The van der Waals surface area contributed by atoms with E-state index >= 15 is 0 Å². The molecule has 0 aliphatic heterocycles. The van der Waals surface area contributed by atoms with Gasteiger partial charge in [0, 0.05) is 10.8 Å². The molecule has 0 saturated heterocycles. The number of nitrogens with two attached hydrogens (primary N) is 2. The third-order valence-electron chi connectivity index (χ3n) is 2.17. The first kappa shape index (κ1) is 8.74. The monoisotopic (exact) mass is 194 g/mol. The Hall–Kier alpha value is -1.84. The van der Waals surface area contributed by atoms with E-state index in [2.05, 4.69) is 0 Å². The third-order valence-corrected chi connectivity index (χ3v) is 2.17. The van der Waals surface area contributed by atoms with E-state index in [0.717, 1.165) is 0 Å². The van der Waals surface area contributed by atoms with Gasteiger partial charge in [0.1, 0.15) is 0 Å². The third kappa shape index (κ3) is 1.00. The van der Waals surface area contributed by atoms with E-state index in [1.54, 1.807) is 18.2 Å². The van der Waals surface area contributed by atoms with E-state index < -0.39 is 11.6 Å². The zero-order valence-electron chi connectivity index (χ0n) is 7.22. The molecular formula is C10H8F2N2. The minimum Gasteiger partial charge on any atom is -0.396 e. The first-order chi connectivity index (χ1) is 6.63. The van der Waals surface area contributed by atoms with Crippen molar-refractivity contribution >= 4 is 22.1 Å². The molecule has 0 bridgehead atoms. The molecule has 0 aliphatic rings. The van der Waals surface area contributed by atoms with Gasteiger partial charge in [-0.25, -0.2) is 8.78 Å². The number of benzene rings is 2. The van der Waals surface area contributed by atoms with E-state index in [1.165, 1.54) is 6.07 Å². The van der Waals surface area contributed by atoms with Gasteiger partial charge in [-0.3, -0.25) is 0 Å². The lowest BCUT2D eigenvalue weighted by Crippen LogP contribution is -2.02. The smallest absolute Gasteiger partial charge is 0.184 e. The van der Waals surface area contributed by atoms with Gasteiger partial charge >= 0.3 is 0 Å². The number of anilines is 2. The zero-order valence-corrected chi connectivity index (χ0v) is 7.22. The van der Waals surface area contributed by atoms with Gasteiger partial charge in [-0.2, -0.15) is 0 Å². The van der Waals surface area contributed by atoms with Gasteiger partial charge in [0.2, 0.25) is 0 Å². The molecule has 0 amide bonds. The van der Waals surface area contributed by atoms with Crippen molar-refractivity contribution in [2.75, 3.05) is 11.5 Å². The molecular weight excluding hydrogens is 186 g/mol. The Morgan fingerprint density at radius 3 is 2.00 bits per heavy atom. The van der Waals surface area contributed by atoms with Crippen LogP contribution in [0.5, 0.6) is 0 Å². The molecule has 0 radical (unpaired) electrons. The lowest BCUT2D eigenvalue weighted by atomic mass is 10.1. The fourth-order valence-corrected chi connectivity index (χ4v) is 1.41. The van der Waals surface area contributed by atoms with Crippen molar-refractivity contribution in [1.29, 1.82) is 0 Å². The quantitative estimate of drug-likeness (QED) is 0.632. The van der Waals surface area contributed by atoms with Crippen LogP contribution in [-0.4, -0.2) is 0 Å². The summed E-state index contributed by atoms with van der Waals surface area (Å²) in [6.45, 7) is 0. The van der Waals surface area contributed by atoms with Crippen LogP contribution in [0.4, 0.5) is 20.2 Å². The summed E-state index contributed by atoms with van der Waals surface area (Å²) in [7, 11) is 0. The van der Waals surface area contributed by atoms with Crippen LogP contribution in [-0.2, 0) is 0 Å². The Bertz CT molecular complexity index is 462. The summed E-state index contributed by atoms with van der Waals surface area (Å²) in [6, 6.07) is 6.36. The highest BCUT2D eigenvalue weighted by Crippen LogP contribution is 2.31. The van der Waals surface area contributed by atoms with Gasteiger partial charge in [-0.15, -0.1) is 0 Å². The number of halogens is 2. The average Bonchev–Trinajstić information content (AvgIpc) is 2.23. The molecule has 2 nitrogen and oxygen atoms in total. The second-order valence-electron chi connectivity index (χ2n) is 3.00. The summed E-state index contributed by atoms with van der Waals surface area (Å²) in [5.41, 5.74) is 10.6. The number of hydrogen-bond donors (Lipinski definition) is 2. The maximum absolute atomic E-state index is 13.3. The second kappa shape index (κ2) is 2.83. The minimum absolute atomic E-state index is 0.0829. The maximum Gasteiger partial charge on any atom is 0.184 e. The van der Waals surface area contributed by atoms with E-state index in [-0.39, 0.29) is 16.8 Å². The Balaban J connectivity index is 3.02. The Kier molecular flexibility index (Phi) is 1.77. The SMILES string of the molecule is Nc1c(F)c(F)c2ccccc2c1N. The maximum atomic E-state index is 13.3. The van der Waals surface area contributed by atoms with Crippen LogP contribution in [0, 0.1) is 11.6 Å². The highest BCUT2D eigenvalue weighted by molar-refractivity contribution is 5.98. The van der Waals surface area contributed by atoms with Gasteiger partial charge < -0.3 is 11.5 Å². The molecule has 4 heteroatoms. The van der Waals surface area contributed by atoms with Crippen molar-refractivity contribution in [1.82, 2.24) is 0 Å². The number of nitrogen functional groups attached to an aromatic ring is 2. The van der Waals surface area contributed by atoms with Gasteiger partial charge in [-0.05, 0) is 0 Å². The van der Waals surface area contributed by atoms with E-state index in [4.69, 9.17) is 11.5 Å². The predicted molar refractivity (Wildman–Crippen MR) is 52.7 cm³/mol. The normalized spacial score (nSPS) is 10.7. The van der Waals surface area contributed by atoms with Gasteiger partial charge in [0.05, 0.1) is 11.4 Å². The van der Waals surface area contributed by atoms with E-state index in [9.17, 15) is 8.78 Å². The summed E-state index contributed by atoms with van der Waals surface area (Å²) in [4.78, 5) is 0. The first-order valence-electron chi connectivity index (χ1n) is 4.03. The molecule has 2 aromatic rings. The summed E-state index contributed by atoms with van der Waals surface area (Å²) in [6.07, 6.45) is 0. The molecule has 0 unspecified atom stereocenters. The van der Waals surface area contributed by atoms with Crippen molar-refractivity contribution in [3.05, 3.63) is 35.9 Å². The second-order valence-corrected chi connectivity index (χ2v) is 3.00.